The lowest BCUT2D eigenvalue weighted by atomic mass is 10.1. The molecule has 1 aliphatic rings. The molecule has 144 valence electrons. The fraction of sp³-hybridized carbons (Fsp3) is 0.579. The molecular formula is C19H30N4O3. The van der Waals surface area contributed by atoms with Crippen molar-refractivity contribution in [3.8, 4) is 0 Å². The Bertz CT molecular complexity index is 586. The van der Waals surface area contributed by atoms with Crippen molar-refractivity contribution in [2.45, 2.75) is 26.4 Å². The van der Waals surface area contributed by atoms with Crippen LogP contribution in [0.2, 0.25) is 0 Å². The van der Waals surface area contributed by atoms with E-state index in [1.807, 2.05) is 13.0 Å². The van der Waals surface area contributed by atoms with Crippen LogP contribution in [-0.2, 0) is 27.4 Å². The minimum absolute atomic E-state index is 0.232. The predicted molar refractivity (Wildman–Crippen MR) is 102 cm³/mol. The molecule has 1 aliphatic heterocycles. The molecule has 1 aromatic rings. The lowest BCUT2D eigenvalue weighted by molar-refractivity contribution is -0.140. The average molecular weight is 362 g/mol. The van der Waals surface area contributed by atoms with E-state index in [-0.39, 0.29) is 5.97 Å². The molecule has 1 saturated heterocycles. The van der Waals surface area contributed by atoms with Gasteiger partial charge in [-0.15, -0.1) is 0 Å². The quantitative estimate of drug-likeness (QED) is 0.410. The van der Waals surface area contributed by atoms with E-state index in [9.17, 15) is 4.79 Å². The van der Waals surface area contributed by atoms with Crippen LogP contribution in [-0.4, -0.2) is 63.3 Å². The summed E-state index contributed by atoms with van der Waals surface area (Å²) in [4.78, 5) is 18.3. The van der Waals surface area contributed by atoms with Crippen LogP contribution in [0.3, 0.4) is 0 Å². The Labute approximate surface area is 155 Å². The zero-order valence-corrected chi connectivity index (χ0v) is 15.8. The maximum Gasteiger partial charge on any atom is 0.307 e. The Morgan fingerprint density at radius 1 is 1.23 bits per heavy atom. The van der Waals surface area contributed by atoms with E-state index in [2.05, 4.69) is 43.5 Å². The molecule has 1 fully saturated rings. The number of carbonyl (C=O) groups excluding carboxylic acids is 1. The number of methoxy groups -OCH3 is 1. The molecule has 26 heavy (non-hydrogen) atoms. The van der Waals surface area contributed by atoms with Crippen LogP contribution >= 0.6 is 0 Å². The molecule has 7 nitrogen and oxygen atoms in total. The molecule has 0 bridgehead atoms. The number of hydrogen-bond donors (Lipinski definition) is 2. The van der Waals surface area contributed by atoms with E-state index in [1.54, 1.807) is 0 Å². The second-order valence-corrected chi connectivity index (χ2v) is 6.11. The second kappa shape index (κ2) is 11.5. The van der Waals surface area contributed by atoms with Crippen LogP contribution in [0.5, 0.6) is 0 Å². The van der Waals surface area contributed by atoms with Crippen molar-refractivity contribution in [2.24, 2.45) is 4.99 Å². The van der Waals surface area contributed by atoms with Crippen LogP contribution in [0.1, 0.15) is 24.5 Å². The SMILES string of the molecule is CCNC(=NCc1ccccc1CN1CCOCC1)NCCC(=O)OC. The van der Waals surface area contributed by atoms with Gasteiger partial charge in [0, 0.05) is 32.7 Å². The van der Waals surface area contributed by atoms with Gasteiger partial charge < -0.3 is 20.1 Å². The highest BCUT2D eigenvalue weighted by Gasteiger charge is 2.12. The first-order valence-corrected chi connectivity index (χ1v) is 9.18. The molecule has 1 aromatic carbocycles. The number of aliphatic imine (C=N–C) groups is 1. The lowest BCUT2D eigenvalue weighted by Gasteiger charge is -2.27. The summed E-state index contributed by atoms with van der Waals surface area (Å²) in [5.74, 6) is 0.474. The largest absolute Gasteiger partial charge is 0.469 e. The highest BCUT2D eigenvalue weighted by molar-refractivity contribution is 5.80. The number of nitrogens with one attached hydrogen (secondary N) is 2. The first kappa shape index (κ1) is 20.2. The van der Waals surface area contributed by atoms with Crippen molar-refractivity contribution in [3.05, 3.63) is 35.4 Å². The number of hydrogen-bond acceptors (Lipinski definition) is 5. The highest BCUT2D eigenvalue weighted by Crippen LogP contribution is 2.14. The molecule has 0 unspecified atom stereocenters. The van der Waals surface area contributed by atoms with Crippen LogP contribution in [0.25, 0.3) is 0 Å². The van der Waals surface area contributed by atoms with E-state index in [0.717, 1.165) is 39.4 Å². The zero-order valence-electron chi connectivity index (χ0n) is 15.8. The third-order valence-electron chi connectivity index (χ3n) is 4.22. The Morgan fingerprint density at radius 3 is 2.65 bits per heavy atom. The molecule has 1 heterocycles. The summed E-state index contributed by atoms with van der Waals surface area (Å²) in [7, 11) is 1.40. The second-order valence-electron chi connectivity index (χ2n) is 6.11. The summed E-state index contributed by atoms with van der Waals surface area (Å²) in [6.45, 7) is 8.32. The molecule has 2 rings (SSSR count). The van der Waals surface area contributed by atoms with Crippen LogP contribution in [0.4, 0.5) is 0 Å². The molecule has 0 atom stereocenters. The van der Waals surface area contributed by atoms with E-state index < -0.39 is 0 Å². The van der Waals surface area contributed by atoms with Gasteiger partial charge in [0.2, 0.25) is 0 Å². The molecule has 0 aromatic heterocycles. The van der Waals surface area contributed by atoms with E-state index in [1.165, 1.54) is 18.2 Å². The van der Waals surface area contributed by atoms with Gasteiger partial charge in [-0.3, -0.25) is 9.69 Å². The van der Waals surface area contributed by atoms with E-state index >= 15 is 0 Å². The smallest absolute Gasteiger partial charge is 0.307 e. The number of esters is 1. The Hall–Kier alpha value is -2.12. The minimum Gasteiger partial charge on any atom is -0.469 e. The van der Waals surface area contributed by atoms with Gasteiger partial charge in [0.1, 0.15) is 0 Å². The van der Waals surface area contributed by atoms with Gasteiger partial charge in [-0.05, 0) is 18.1 Å². The lowest BCUT2D eigenvalue weighted by Crippen LogP contribution is -2.38. The fourth-order valence-corrected chi connectivity index (χ4v) is 2.76. The van der Waals surface area contributed by atoms with Crippen molar-refractivity contribution >= 4 is 11.9 Å². The summed E-state index contributed by atoms with van der Waals surface area (Å²) in [6, 6.07) is 8.41. The normalized spacial score (nSPS) is 15.5. The molecule has 0 aliphatic carbocycles. The number of guanidine groups is 1. The summed E-state index contributed by atoms with van der Waals surface area (Å²) in [6.07, 6.45) is 0.314. The number of nitrogens with zero attached hydrogens (tertiary/aromatic N) is 2. The van der Waals surface area contributed by atoms with Crippen molar-refractivity contribution in [2.75, 3.05) is 46.5 Å². The molecule has 2 N–H and O–H groups in total. The van der Waals surface area contributed by atoms with Crippen LogP contribution in [0.15, 0.2) is 29.3 Å². The minimum atomic E-state index is -0.232. The Kier molecular flexibility index (Phi) is 8.92. The predicted octanol–water partition coefficient (Wildman–Crippen LogP) is 1.14. The maximum absolute atomic E-state index is 11.2. The topological polar surface area (TPSA) is 75.2 Å². The van der Waals surface area contributed by atoms with Crippen LogP contribution in [0, 0.1) is 0 Å². The van der Waals surface area contributed by atoms with Gasteiger partial charge in [-0.25, -0.2) is 4.99 Å². The third-order valence-corrected chi connectivity index (χ3v) is 4.22. The number of rotatable bonds is 8. The third kappa shape index (κ3) is 7.01. The van der Waals surface area contributed by atoms with Crippen molar-refractivity contribution in [1.82, 2.24) is 15.5 Å². The van der Waals surface area contributed by atoms with Crippen molar-refractivity contribution in [3.63, 3.8) is 0 Å². The fourth-order valence-electron chi connectivity index (χ4n) is 2.76. The van der Waals surface area contributed by atoms with Gasteiger partial charge in [0.05, 0.1) is 33.3 Å². The molecule has 0 spiro atoms. The zero-order chi connectivity index (χ0) is 18.6. The van der Waals surface area contributed by atoms with Crippen molar-refractivity contribution in [1.29, 1.82) is 0 Å². The number of carbonyl (C=O) groups is 1. The van der Waals surface area contributed by atoms with E-state index in [0.29, 0.717) is 25.5 Å². The highest BCUT2D eigenvalue weighted by atomic mass is 16.5. The number of morpholine rings is 1. The van der Waals surface area contributed by atoms with Gasteiger partial charge in [-0.1, -0.05) is 24.3 Å². The summed E-state index contributed by atoms with van der Waals surface area (Å²) >= 11 is 0. The standard InChI is InChI=1S/C19H30N4O3/c1-3-20-19(21-9-8-18(24)25-2)22-14-16-6-4-5-7-17(16)15-23-10-12-26-13-11-23/h4-7H,3,8-15H2,1-2H3,(H2,20,21,22). The summed E-state index contributed by atoms with van der Waals surface area (Å²) in [5.41, 5.74) is 2.51. The first-order valence-electron chi connectivity index (χ1n) is 9.18. The average Bonchev–Trinajstić information content (AvgIpc) is 2.67. The monoisotopic (exact) mass is 362 g/mol. The molecular weight excluding hydrogens is 332 g/mol. The van der Waals surface area contributed by atoms with Gasteiger partial charge >= 0.3 is 5.97 Å². The molecule has 7 heteroatoms. The van der Waals surface area contributed by atoms with Gasteiger partial charge in [0.25, 0.3) is 0 Å². The summed E-state index contributed by atoms with van der Waals surface area (Å²) in [5, 5.41) is 6.37. The first-order chi connectivity index (χ1) is 12.7. The van der Waals surface area contributed by atoms with Crippen LogP contribution < -0.4 is 10.6 Å². The van der Waals surface area contributed by atoms with E-state index in [4.69, 9.17) is 4.74 Å². The molecule has 0 saturated carbocycles. The maximum atomic E-state index is 11.2. The summed E-state index contributed by atoms with van der Waals surface area (Å²) < 4.78 is 10.1. The van der Waals surface area contributed by atoms with Crippen molar-refractivity contribution < 1.29 is 14.3 Å². The molecule has 0 radical (unpaired) electrons. The molecule has 0 amide bonds. The van der Waals surface area contributed by atoms with Gasteiger partial charge in [0.15, 0.2) is 5.96 Å². The Morgan fingerprint density at radius 2 is 1.96 bits per heavy atom. The number of ether oxygens (including phenoxy) is 2. The Balaban J connectivity index is 1.95. The number of benzene rings is 1. The van der Waals surface area contributed by atoms with Gasteiger partial charge in [-0.2, -0.15) is 0 Å².